The third kappa shape index (κ3) is 5.11. The van der Waals surface area contributed by atoms with Crippen molar-refractivity contribution in [3.8, 4) is 11.4 Å². The molecule has 1 unspecified atom stereocenters. The van der Waals surface area contributed by atoms with Gasteiger partial charge in [0.2, 0.25) is 17.6 Å². The van der Waals surface area contributed by atoms with Crippen LogP contribution >= 0.6 is 0 Å². The zero-order valence-electron chi connectivity index (χ0n) is 18.9. The maximum absolute atomic E-state index is 13.5. The summed E-state index contributed by atoms with van der Waals surface area (Å²) in [6.45, 7) is 1.11. The van der Waals surface area contributed by atoms with Gasteiger partial charge in [0.1, 0.15) is 17.3 Å². The second-order valence-corrected chi connectivity index (χ2v) is 8.68. The summed E-state index contributed by atoms with van der Waals surface area (Å²) in [5.74, 6) is -0.599. The van der Waals surface area contributed by atoms with Gasteiger partial charge in [0, 0.05) is 31.5 Å². The minimum absolute atomic E-state index is 0.149. The van der Waals surface area contributed by atoms with Gasteiger partial charge in [-0.3, -0.25) is 9.59 Å². The lowest BCUT2D eigenvalue weighted by atomic mass is 9.97. The third-order valence-electron chi connectivity index (χ3n) is 6.18. The van der Waals surface area contributed by atoms with Crippen LogP contribution in [0.4, 0.5) is 8.78 Å². The number of hydrogen-bond donors (Lipinski definition) is 0. The van der Waals surface area contributed by atoms with Gasteiger partial charge in [0.15, 0.2) is 0 Å². The summed E-state index contributed by atoms with van der Waals surface area (Å²) < 4.78 is 32.2. The molecule has 0 bridgehead atoms. The maximum atomic E-state index is 13.5. The highest BCUT2D eigenvalue weighted by atomic mass is 19.1. The van der Waals surface area contributed by atoms with Crippen LogP contribution in [0, 0.1) is 11.6 Å². The molecule has 10 heteroatoms. The van der Waals surface area contributed by atoms with E-state index in [1.165, 1.54) is 29.3 Å². The number of rotatable bonds is 5. The molecule has 35 heavy (non-hydrogen) atoms. The number of nitrogens with zero attached hydrogens (tertiary/aromatic N) is 5. The normalized spacial score (nSPS) is 18.5. The zero-order chi connectivity index (χ0) is 24.4. The molecule has 0 radical (unpaired) electrons. The Morgan fingerprint density at radius 3 is 2.71 bits per heavy atom. The number of benzene rings is 2. The molecule has 1 atom stereocenters. The fourth-order valence-corrected chi connectivity index (χ4v) is 4.33. The van der Waals surface area contributed by atoms with Gasteiger partial charge in [0.05, 0.1) is 12.5 Å². The molecule has 2 aromatic carbocycles. The summed E-state index contributed by atoms with van der Waals surface area (Å²) in [5.41, 5.74) is 1.56. The van der Waals surface area contributed by atoms with Crippen molar-refractivity contribution in [2.75, 3.05) is 13.1 Å². The van der Waals surface area contributed by atoms with Gasteiger partial charge in [-0.1, -0.05) is 29.4 Å². The molecule has 3 heterocycles. The zero-order valence-corrected chi connectivity index (χ0v) is 18.9. The quantitative estimate of drug-likeness (QED) is 0.554. The van der Waals surface area contributed by atoms with Crippen molar-refractivity contribution >= 4 is 17.5 Å². The molecule has 3 aromatic rings. The number of hydrogen-bond acceptors (Lipinski definition) is 6. The summed E-state index contributed by atoms with van der Waals surface area (Å²) in [6.07, 6.45) is 1.97. The topological polar surface area (TPSA) is 91.9 Å². The Morgan fingerprint density at radius 2 is 1.91 bits per heavy atom. The smallest absolute Gasteiger partial charge is 0.270 e. The molecule has 1 aromatic heterocycles. The molecule has 2 aliphatic rings. The molecule has 1 saturated heterocycles. The second-order valence-electron chi connectivity index (χ2n) is 8.68. The number of amides is 2. The Hall–Kier alpha value is -3.95. The van der Waals surface area contributed by atoms with Crippen LogP contribution in [0.25, 0.3) is 11.4 Å². The van der Waals surface area contributed by atoms with Gasteiger partial charge in [-0.25, -0.2) is 13.8 Å². The molecule has 2 amide bonds. The van der Waals surface area contributed by atoms with Crippen LogP contribution in [0.2, 0.25) is 0 Å². The highest BCUT2D eigenvalue weighted by molar-refractivity contribution is 6.39. The van der Waals surface area contributed by atoms with Crippen molar-refractivity contribution in [1.29, 1.82) is 0 Å². The fraction of sp³-hybridized carbons (Fsp3) is 0.320. The highest BCUT2D eigenvalue weighted by Crippen LogP contribution is 2.28. The first-order valence-electron chi connectivity index (χ1n) is 11.5. The Balaban J connectivity index is 1.28. The predicted octanol–water partition coefficient (Wildman–Crippen LogP) is 3.90. The number of carbonyl (C=O) groups excluding carboxylic acids is 2. The molecule has 5 rings (SSSR count). The van der Waals surface area contributed by atoms with Crippen molar-refractivity contribution in [3.05, 3.63) is 71.6 Å². The van der Waals surface area contributed by atoms with Gasteiger partial charge in [-0.05, 0) is 42.7 Å². The van der Waals surface area contributed by atoms with E-state index in [4.69, 9.17) is 4.52 Å². The summed E-state index contributed by atoms with van der Waals surface area (Å²) >= 11 is 0. The van der Waals surface area contributed by atoms with Crippen LogP contribution in [-0.2, 0) is 16.1 Å². The van der Waals surface area contributed by atoms with Crippen molar-refractivity contribution < 1.29 is 22.9 Å². The van der Waals surface area contributed by atoms with Crippen LogP contribution < -0.4 is 0 Å². The minimum atomic E-state index is -0.386. The number of piperidine rings is 1. The van der Waals surface area contributed by atoms with E-state index in [1.807, 2.05) is 0 Å². The molecule has 1 fully saturated rings. The molecular formula is C25H23F2N5O3. The van der Waals surface area contributed by atoms with Crippen LogP contribution in [0.1, 0.15) is 43.1 Å². The van der Waals surface area contributed by atoms with Crippen molar-refractivity contribution in [2.24, 2.45) is 5.10 Å². The van der Waals surface area contributed by atoms with E-state index in [-0.39, 0.29) is 48.8 Å². The molecule has 0 N–H and O–H groups in total. The fourth-order valence-electron chi connectivity index (χ4n) is 4.33. The van der Waals surface area contributed by atoms with E-state index in [9.17, 15) is 18.4 Å². The Morgan fingerprint density at radius 1 is 1.09 bits per heavy atom. The average Bonchev–Trinajstić information content (AvgIpc) is 3.37. The van der Waals surface area contributed by atoms with E-state index >= 15 is 0 Å². The summed E-state index contributed by atoms with van der Waals surface area (Å²) in [4.78, 5) is 31.7. The van der Waals surface area contributed by atoms with Gasteiger partial charge in [0.25, 0.3) is 5.91 Å². The van der Waals surface area contributed by atoms with Gasteiger partial charge < -0.3 is 9.42 Å². The number of aromatic nitrogens is 2. The number of carbonyl (C=O) groups is 2. The second kappa shape index (κ2) is 9.73. The van der Waals surface area contributed by atoms with E-state index in [2.05, 4.69) is 15.2 Å². The summed E-state index contributed by atoms with van der Waals surface area (Å²) in [6, 6.07) is 11.8. The third-order valence-corrected chi connectivity index (χ3v) is 6.18. The lowest BCUT2D eigenvalue weighted by molar-refractivity contribution is -0.132. The first kappa shape index (κ1) is 22.8. The molecule has 8 nitrogen and oxygen atoms in total. The monoisotopic (exact) mass is 479 g/mol. The van der Waals surface area contributed by atoms with Crippen molar-refractivity contribution in [2.45, 2.75) is 38.1 Å². The van der Waals surface area contributed by atoms with Crippen molar-refractivity contribution in [3.63, 3.8) is 0 Å². The molecular weight excluding hydrogens is 456 g/mol. The van der Waals surface area contributed by atoms with Gasteiger partial charge in [-0.2, -0.15) is 10.1 Å². The predicted molar refractivity (Wildman–Crippen MR) is 122 cm³/mol. The average molecular weight is 479 g/mol. The Bertz CT molecular complexity index is 1270. The van der Waals surface area contributed by atoms with Crippen molar-refractivity contribution in [1.82, 2.24) is 20.0 Å². The van der Waals surface area contributed by atoms with Crippen LogP contribution in [-0.4, -0.2) is 50.7 Å². The van der Waals surface area contributed by atoms with E-state index in [0.29, 0.717) is 36.1 Å². The molecule has 2 aliphatic heterocycles. The summed E-state index contributed by atoms with van der Waals surface area (Å²) in [5, 5.41) is 9.58. The largest absolute Gasteiger partial charge is 0.339 e. The van der Waals surface area contributed by atoms with Crippen LogP contribution in [0.5, 0.6) is 0 Å². The van der Waals surface area contributed by atoms with Crippen LogP contribution in [0.15, 0.2) is 58.2 Å². The number of halogens is 2. The number of likely N-dealkylation sites (tertiary alicyclic amines) is 1. The standard InChI is InChI=1S/C25H23F2N5O3/c26-19-8-6-16(7-9-19)14-32-22(33)11-10-21(29-32)25(34)31-12-2-4-18(15-31)24-28-23(30-35-24)17-3-1-5-20(27)13-17/h1,3,5-9,13,18H,2,4,10-12,14-15H2. The lowest BCUT2D eigenvalue weighted by Crippen LogP contribution is -2.45. The highest BCUT2D eigenvalue weighted by Gasteiger charge is 2.33. The lowest BCUT2D eigenvalue weighted by Gasteiger charge is -2.32. The first-order chi connectivity index (χ1) is 17.0. The van der Waals surface area contributed by atoms with Crippen LogP contribution in [0.3, 0.4) is 0 Å². The summed E-state index contributed by atoms with van der Waals surface area (Å²) in [7, 11) is 0. The van der Waals surface area contributed by atoms with Gasteiger partial charge >= 0.3 is 0 Å². The Kier molecular flexibility index (Phi) is 6.35. The minimum Gasteiger partial charge on any atom is -0.339 e. The molecule has 180 valence electrons. The van der Waals surface area contributed by atoms with Gasteiger partial charge in [-0.15, -0.1) is 0 Å². The maximum Gasteiger partial charge on any atom is 0.270 e. The van der Waals surface area contributed by atoms with E-state index < -0.39 is 0 Å². The number of hydrazone groups is 1. The molecule has 0 aliphatic carbocycles. The SMILES string of the molecule is O=C(C1=NN(Cc2ccc(F)cc2)C(=O)CC1)N1CCCC(c2nc(-c3cccc(F)c3)no2)C1. The van der Waals surface area contributed by atoms with E-state index in [1.54, 1.807) is 29.2 Å². The first-order valence-corrected chi connectivity index (χ1v) is 11.5. The Labute approximate surface area is 200 Å². The molecule has 0 spiro atoms. The van der Waals surface area contributed by atoms with E-state index in [0.717, 1.165) is 18.4 Å². The molecule has 0 saturated carbocycles.